The van der Waals surface area contributed by atoms with Crippen LogP contribution in [0.1, 0.15) is 182 Å². The maximum atomic E-state index is 2.65. The summed E-state index contributed by atoms with van der Waals surface area (Å²) in [6.07, 6.45) is 4.71. The Morgan fingerprint density at radius 2 is 0.629 bits per heavy atom. The van der Waals surface area contributed by atoms with Gasteiger partial charge < -0.3 is 18.9 Å². The van der Waals surface area contributed by atoms with Crippen LogP contribution in [0, 0.1) is 0 Å². The fraction of sp³-hybridized carbons (Fsp3) is 0.280. The molecule has 4 aliphatic rings. The van der Waals surface area contributed by atoms with Gasteiger partial charge in [0.2, 0.25) is 0 Å². The maximum absolute atomic E-state index is 2.65. The lowest BCUT2D eigenvalue weighted by Gasteiger charge is -2.44. The van der Waals surface area contributed by atoms with Gasteiger partial charge in [0.25, 0.3) is 6.71 Å². The Morgan fingerprint density at radius 3 is 1.10 bits per heavy atom. The quantitative estimate of drug-likeness (QED) is 0.148. The molecule has 2 aliphatic carbocycles. The lowest BCUT2D eigenvalue weighted by Crippen LogP contribution is -2.61. The molecule has 0 bridgehead atoms. The van der Waals surface area contributed by atoms with Crippen LogP contribution in [0.2, 0.25) is 0 Å². The molecule has 0 fully saturated rings. The van der Waals surface area contributed by atoms with Crippen molar-refractivity contribution < 1.29 is 0 Å². The SMILES string of the molecule is CC(C)(C)c1ccc(-c2ccc3c(c2)B2c4ccc(-n5c6ccccc6c6ccccc65)cc4N(c4ccc(-c5ccc6c(c5)C(C)(C)CCC6(C)C)cc4)c4cc(-n5c6ccc(C(C)(C)C)cc6c6cc(C(C)(C)C)ccc65)cc(c42)N3c2ccc(-c3ccc4c(c3)C(C)(C)CCC4(C)C)cc2)cc1. The van der Waals surface area contributed by atoms with Crippen LogP contribution in [0.4, 0.5) is 34.1 Å². The summed E-state index contributed by atoms with van der Waals surface area (Å²) in [5, 5.41) is 5.03. The van der Waals surface area contributed by atoms with Crippen LogP contribution in [-0.4, -0.2) is 15.8 Å². The van der Waals surface area contributed by atoms with Crippen LogP contribution in [0.5, 0.6) is 0 Å². The molecule has 14 aromatic rings. The molecule has 0 saturated heterocycles. The summed E-state index contributed by atoms with van der Waals surface area (Å²) in [7, 11) is 0. The topological polar surface area (TPSA) is 16.3 Å². The summed E-state index contributed by atoms with van der Waals surface area (Å²) in [5.74, 6) is 0. The van der Waals surface area contributed by atoms with Gasteiger partial charge in [-0.1, -0.05) is 269 Å². The van der Waals surface area contributed by atoms with Gasteiger partial charge in [-0.3, -0.25) is 0 Å². The molecule has 2 aromatic heterocycles. The molecule has 0 atom stereocenters. The molecule has 2 aliphatic heterocycles. The summed E-state index contributed by atoms with van der Waals surface area (Å²) in [5.41, 5.74) is 35.3. The molecule has 0 N–H and O–H groups in total. The zero-order valence-electron chi connectivity index (χ0n) is 64.8. The number of nitrogens with zero attached hydrogens (tertiary/aromatic N) is 4. The first kappa shape index (κ1) is 66.8. The lowest BCUT2D eigenvalue weighted by molar-refractivity contribution is 0.332. The van der Waals surface area contributed by atoms with Crippen LogP contribution in [0.15, 0.2) is 243 Å². The predicted octanol–water partition coefficient (Wildman–Crippen LogP) is 25.6. The number of aromatic nitrogens is 2. The van der Waals surface area contributed by atoms with E-state index in [4.69, 9.17) is 0 Å². The van der Waals surface area contributed by atoms with E-state index in [1.807, 2.05) is 0 Å². The molecule has 5 heteroatoms. The van der Waals surface area contributed by atoms with Crippen molar-refractivity contribution in [2.24, 2.45) is 0 Å². The molecule has 522 valence electrons. The number of para-hydroxylation sites is 2. The van der Waals surface area contributed by atoms with Crippen LogP contribution in [0.3, 0.4) is 0 Å². The van der Waals surface area contributed by atoms with Crippen molar-refractivity contribution in [3.05, 3.63) is 282 Å². The summed E-state index contributed by atoms with van der Waals surface area (Å²) < 4.78 is 5.10. The second-order valence-corrected chi connectivity index (χ2v) is 37.2. The highest BCUT2D eigenvalue weighted by Gasteiger charge is 2.46. The first-order valence-corrected chi connectivity index (χ1v) is 38.7. The van der Waals surface area contributed by atoms with E-state index in [2.05, 4.69) is 379 Å². The molecule has 0 saturated carbocycles. The Hall–Kier alpha value is -10.1. The average Bonchev–Trinajstić information content (AvgIpc) is 1.43. The van der Waals surface area contributed by atoms with E-state index in [-0.39, 0.29) is 44.6 Å². The molecular weight excluding hydrogens is 1270 g/mol. The van der Waals surface area contributed by atoms with Crippen molar-refractivity contribution >= 4 is 101 Å². The van der Waals surface area contributed by atoms with Gasteiger partial charge in [0, 0.05) is 61.4 Å². The summed E-state index contributed by atoms with van der Waals surface area (Å²) in [6.45, 7) is 40.3. The van der Waals surface area contributed by atoms with Gasteiger partial charge in [0.15, 0.2) is 0 Å². The third kappa shape index (κ3) is 10.7. The Labute approximate surface area is 623 Å². The summed E-state index contributed by atoms with van der Waals surface area (Å²) in [4.78, 5) is 5.28. The van der Waals surface area contributed by atoms with Crippen LogP contribution >= 0.6 is 0 Å². The first-order chi connectivity index (χ1) is 49.9. The second-order valence-electron chi connectivity index (χ2n) is 37.2. The minimum Gasteiger partial charge on any atom is -0.311 e. The molecule has 105 heavy (non-hydrogen) atoms. The van der Waals surface area contributed by atoms with Crippen LogP contribution < -0.4 is 26.2 Å². The highest BCUT2D eigenvalue weighted by atomic mass is 15.2. The molecule has 4 nitrogen and oxygen atoms in total. The third-order valence-corrected chi connectivity index (χ3v) is 25.3. The largest absolute Gasteiger partial charge is 0.311 e. The fourth-order valence-corrected chi connectivity index (χ4v) is 18.7. The van der Waals surface area contributed by atoms with Gasteiger partial charge in [0.05, 0.1) is 27.8 Å². The Bertz CT molecular complexity index is 5780. The van der Waals surface area contributed by atoms with Crippen molar-refractivity contribution in [2.75, 3.05) is 9.80 Å². The molecule has 12 aromatic carbocycles. The molecule has 0 radical (unpaired) electrons. The minimum atomic E-state index is -0.172. The van der Waals surface area contributed by atoms with E-state index in [1.54, 1.807) is 0 Å². The lowest BCUT2D eigenvalue weighted by atomic mass is 9.33. The predicted molar refractivity (Wildman–Crippen MR) is 452 cm³/mol. The fourth-order valence-electron chi connectivity index (χ4n) is 18.7. The minimum absolute atomic E-state index is 0.0204. The smallest absolute Gasteiger partial charge is 0.252 e. The molecule has 18 rings (SSSR count). The number of hydrogen-bond donors (Lipinski definition) is 0. The monoisotopic (exact) mass is 1370 g/mol. The molecular formula is C100H99BN4. The van der Waals surface area contributed by atoms with Crippen molar-refractivity contribution in [3.63, 3.8) is 0 Å². The van der Waals surface area contributed by atoms with Crippen LogP contribution in [-0.2, 0) is 37.9 Å². The molecule has 4 heterocycles. The van der Waals surface area contributed by atoms with E-state index in [1.165, 1.54) is 169 Å². The Balaban J connectivity index is 0.931. The van der Waals surface area contributed by atoms with E-state index in [9.17, 15) is 0 Å². The molecule has 0 spiro atoms. The van der Waals surface area contributed by atoms with Gasteiger partial charge in [-0.25, -0.2) is 0 Å². The number of rotatable bonds is 7. The highest BCUT2D eigenvalue weighted by molar-refractivity contribution is 7.00. The second kappa shape index (κ2) is 23.2. The standard InChI is InChI=1S/C100H99BN4/c1-94(2,3)68-35-26-62(27-36-68)67-34-47-89-84(56-67)101-83-46-43-73(104-85-24-20-18-22-75(85)76-23-19-21-25-86(76)104)59-90(83)103(72-41-30-64(31-42-72)66-33-45-80-82(55-66)100(16,17)53-51-98(80,12)13)92-61-74(105-87-48-37-69(95(4,5)6)57-77(87)78-58-70(96(7,8)9)38-49-88(78)105)60-91(93(92)101)102(89)71-39-28-63(29-40-71)65-32-44-79-81(54-65)99(14,15)52-50-97(79,10)11/h18-49,54-61H,50-53H2,1-17H3. The van der Waals surface area contributed by atoms with E-state index in [0.29, 0.717) is 0 Å². The number of anilines is 6. The number of fused-ring (bicyclic) bond motifs is 12. The van der Waals surface area contributed by atoms with E-state index < -0.39 is 0 Å². The highest BCUT2D eigenvalue weighted by Crippen LogP contribution is 2.52. The van der Waals surface area contributed by atoms with Gasteiger partial charge >= 0.3 is 0 Å². The van der Waals surface area contributed by atoms with E-state index in [0.717, 1.165) is 34.1 Å². The summed E-state index contributed by atoms with van der Waals surface area (Å²) >= 11 is 0. The third-order valence-electron chi connectivity index (χ3n) is 25.3. The van der Waals surface area contributed by atoms with Gasteiger partial charge in [-0.15, -0.1) is 0 Å². The number of benzene rings is 12. The molecule has 0 unspecified atom stereocenters. The normalized spacial score (nSPS) is 16.3. The average molecular weight is 1370 g/mol. The van der Waals surface area contributed by atoms with Crippen molar-refractivity contribution in [3.8, 4) is 44.8 Å². The van der Waals surface area contributed by atoms with Crippen molar-refractivity contribution in [1.29, 1.82) is 0 Å². The summed E-state index contributed by atoms with van der Waals surface area (Å²) in [6, 6.07) is 95.7. The maximum Gasteiger partial charge on any atom is 0.252 e. The molecule has 0 amide bonds. The zero-order valence-corrected chi connectivity index (χ0v) is 64.8. The Kier molecular flexibility index (Phi) is 14.8. The zero-order chi connectivity index (χ0) is 73.0. The van der Waals surface area contributed by atoms with Gasteiger partial charge in [-0.2, -0.15) is 0 Å². The number of hydrogen-bond acceptors (Lipinski definition) is 2. The first-order valence-electron chi connectivity index (χ1n) is 38.7. The van der Waals surface area contributed by atoms with Crippen LogP contribution in [0.25, 0.3) is 88.4 Å². The van der Waals surface area contributed by atoms with E-state index >= 15 is 0 Å². The van der Waals surface area contributed by atoms with Crippen molar-refractivity contribution in [2.45, 2.75) is 181 Å². The van der Waals surface area contributed by atoms with Crippen molar-refractivity contribution in [1.82, 2.24) is 9.13 Å². The Morgan fingerprint density at radius 1 is 0.267 bits per heavy atom. The van der Waals surface area contributed by atoms with Gasteiger partial charge in [0.1, 0.15) is 0 Å². The van der Waals surface area contributed by atoms with Gasteiger partial charge in [-0.05, 0) is 243 Å².